The second-order valence-corrected chi connectivity index (χ2v) is 5.12. The van der Waals surface area contributed by atoms with Crippen LogP contribution in [0.3, 0.4) is 0 Å². The maximum Gasteiger partial charge on any atom is 0.310 e. The first kappa shape index (κ1) is 17.3. The molecule has 2 aromatic carbocycles. The highest BCUT2D eigenvalue weighted by Gasteiger charge is 2.12. The third-order valence-corrected chi connectivity index (χ3v) is 3.18. The second kappa shape index (κ2) is 8.01. The van der Waals surface area contributed by atoms with Crippen molar-refractivity contribution in [3.63, 3.8) is 0 Å². The lowest BCUT2D eigenvalue weighted by atomic mass is 10.1. The molecule has 0 saturated carbocycles. The Kier molecular flexibility index (Phi) is 5.78. The van der Waals surface area contributed by atoms with Crippen LogP contribution in [-0.4, -0.2) is 24.3 Å². The Bertz CT molecular complexity index is 773. The summed E-state index contributed by atoms with van der Waals surface area (Å²) in [6.07, 6.45) is -0.130. The van der Waals surface area contributed by atoms with Gasteiger partial charge in [0.15, 0.2) is 12.4 Å². The van der Waals surface area contributed by atoms with E-state index in [2.05, 4.69) is 5.32 Å². The Morgan fingerprint density at radius 3 is 2.54 bits per heavy atom. The van der Waals surface area contributed by atoms with Gasteiger partial charge in [0.2, 0.25) is 0 Å². The van der Waals surface area contributed by atoms with E-state index in [1.165, 1.54) is 25.1 Å². The number of halogens is 1. The lowest BCUT2D eigenvalue weighted by Gasteiger charge is -2.09. The summed E-state index contributed by atoms with van der Waals surface area (Å²) in [7, 11) is 0. The Labute approximate surface area is 138 Å². The predicted octanol–water partition coefficient (Wildman–Crippen LogP) is 2.75. The zero-order chi connectivity index (χ0) is 17.5. The van der Waals surface area contributed by atoms with Crippen molar-refractivity contribution in [3.05, 3.63) is 65.5 Å². The van der Waals surface area contributed by atoms with E-state index in [9.17, 15) is 18.8 Å². The number of esters is 1. The van der Waals surface area contributed by atoms with Crippen molar-refractivity contribution in [1.82, 2.24) is 0 Å². The topological polar surface area (TPSA) is 72.5 Å². The molecular formula is C18H16FNO4. The molecule has 24 heavy (non-hydrogen) atoms. The van der Waals surface area contributed by atoms with Gasteiger partial charge < -0.3 is 10.1 Å². The summed E-state index contributed by atoms with van der Waals surface area (Å²) >= 11 is 0. The molecule has 0 aromatic heterocycles. The lowest BCUT2D eigenvalue weighted by molar-refractivity contribution is -0.146. The van der Waals surface area contributed by atoms with Gasteiger partial charge in [-0.05, 0) is 36.8 Å². The van der Waals surface area contributed by atoms with Gasteiger partial charge in [0, 0.05) is 5.56 Å². The number of Topliss-reactive ketones (excluding diaryl/α,β-unsaturated/α-hetero) is 1. The lowest BCUT2D eigenvalue weighted by Crippen LogP contribution is -2.22. The zero-order valence-corrected chi connectivity index (χ0v) is 13.0. The maximum atomic E-state index is 13.0. The van der Waals surface area contributed by atoms with Gasteiger partial charge in [0.25, 0.3) is 5.91 Å². The Balaban J connectivity index is 1.87. The van der Waals surface area contributed by atoms with Crippen LogP contribution < -0.4 is 5.32 Å². The SMILES string of the molecule is CC(=O)c1ccccc1NC(=O)COC(=O)Cc1cccc(F)c1. The number of carbonyl (C=O) groups is 3. The second-order valence-electron chi connectivity index (χ2n) is 5.12. The van der Waals surface area contributed by atoms with Crippen LogP contribution in [0.25, 0.3) is 0 Å². The van der Waals surface area contributed by atoms with Gasteiger partial charge in [0.1, 0.15) is 5.82 Å². The van der Waals surface area contributed by atoms with Crippen LogP contribution in [0.15, 0.2) is 48.5 Å². The van der Waals surface area contributed by atoms with Gasteiger partial charge in [-0.2, -0.15) is 0 Å². The molecule has 0 atom stereocenters. The third kappa shape index (κ3) is 5.01. The molecule has 5 nitrogen and oxygen atoms in total. The maximum absolute atomic E-state index is 13.0. The summed E-state index contributed by atoms with van der Waals surface area (Å²) in [4.78, 5) is 35.0. The average Bonchev–Trinajstić information content (AvgIpc) is 2.53. The quantitative estimate of drug-likeness (QED) is 0.653. The summed E-state index contributed by atoms with van der Waals surface area (Å²) in [6, 6.07) is 12.1. The van der Waals surface area contributed by atoms with E-state index < -0.39 is 24.3 Å². The van der Waals surface area contributed by atoms with E-state index in [1.807, 2.05) is 0 Å². The fraction of sp³-hybridized carbons (Fsp3) is 0.167. The molecule has 0 saturated heterocycles. The molecule has 0 fully saturated rings. The summed E-state index contributed by atoms with van der Waals surface area (Å²) in [5, 5.41) is 2.52. The number of anilines is 1. The number of ketones is 1. The van der Waals surface area contributed by atoms with Gasteiger partial charge in [-0.25, -0.2) is 4.39 Å². The van der Waals surface area contributed by atoms with Crippen LogP contribution in [0.4, 0.5) is 10.1 Å². The molecule has 0 aliphatic heterocycles. The number of ether oxygens (including phenoxy) is 1. The molecule has 0 radical (unpaired) electrons. The van der Waals surface area contributed by atoms with Crippen molar-refractivity contribution in [2.24, 2.45) is 0 Å². The molecular weight excluding hydrogens is 313 g/mol. The predicted molar refractivity (Wildman–Crippen MR) is 86.1 cm³/mol. The van der Waals surface area contributed by atoms with Crippen molar-refractivity contribution in [2.45, 2.75) is 13.3 Å². The third-order valence-electron chi connectivity index (χ3n) is 3.18. The number of carbonyl (C=O) groups excluding carboxylic acids is 3. The van der Waals surface area contributed by atoms with Crippen LogP contribution in [-0.2, 0) is 20.7 Å². The Hall–Kier alpha value is -3.02. The van der Waals surface area contributed by atoms with Crippen LogP contribution in [0, 0.1) is 5.82 Å². The van der Waals surface area contributed by atoms with Crippen LogP contribution in [0.5, 0.6) is 0 Å². The number of para-hydroxylation sites is 1. The van der Waals surface area contributed by atoms with E-state index in [0.717, 1.165) is 0 Å². The molecule has 0 unspecified atom stereocenters. The van der Waals surface area contributed by atoms with E-state index in [0.29, 0.717) is 16.8 Å². The minimum Gasteiger partial charge on any atom is -0.455 e. The molecule has 2 rings (SSSR count). The van der Waals surface area contributed by atoms with Gasteiger partial charge in [-0.3, -0.25) is 14.4 Å². The first-order valence-electron chi connectivity index (χ1n) is 7.25. The van der Waals surface area contributed by atoms with E-state index in [4.69, 9.17) is 4.74 Å². The molecule has 0 bridgehead atoms. The van der Waals surface area contributed by atoms with Crippen molar-refractivity contribution in [3.8, 4) is 0 Å². The molecule has 2 aromatic rings. The van der Waals surface area contributed by atoms with Crippen molar-refractivity contribution in [2.75, 3.05) is 11.9 Å². The zero-order valence-electron chi connectivity index (χ0n) is 13.0. The fourth-order valence-corrected chi connectivity index (χ4v) is 2.10. The number of rotatable bonds is 6. The highest BCUT2D eigenvalue weighted by Crippen LogP contribution is 2.15. The summed E-state index contributed by atoms with van der Waals surface area (Å²) in [6.45, 7) is 0.907. The fourth-order valence-electron chi connectivity index (χ4n) is 2.10. The number of amides is 1. The van der Waals surface area contributed by atoms with Crippen molar-refractivity contribution >= 4 is 23.3 Å². The smallest absolute Gasteiger partial charge is 0.310 e. The Morgan fingerprint density at radius 1 is 1.08 bits per heavy atom. The van der Waals surface area contributed by atoms with E-state index >= 15 is 0 Å². The number of nitrogens with one attached hydrogen (secondary N) is 1. The summed E-state index contributed by atoms with van der Waals surface area (Å²) in [5.74, 6) is -1.83. The molecule has 0 heterocycles. The monoisotopic (exact) mass is 329 g/mol. The molecule has 0 spiro atoms. The standard InChI is InChI=1S/C18H16FNO4/c1-12(21)15-7-2-3-8-16(15)20-17(22)11-24-18(23)10-13-5-4-6-14(19)9-13/h2-9H,10-11H2,1H3,(H,20,22). The Morgan fingerprint density at radius 2 is 1.83 bits per heavy atom. The number of benzene rings is 2. The highest BCUT2D eigenvalue weighted by atomic mass is 19.1. The van der Waals surface area contributed by atoms with Crippen molar-refractivity contribution < 1.29 is 23.5 Å². The van der Waals surface area contributed by atoms with Gasteiger partial charge in [0.05, 0.1) is 12.1 Å². The average molecular weight is 329 g/mol. The van der Waals surface area contributed by atoms with Gasteiger partial charge in [-0.15, -0.1) is 0 Å². The van der Waals surface area contributed by atoms with Gasteiger partial charge in [-0.1, -0.05) is 24.3 Å². The highest BCUT2D eigenvalue weighted by molar-refractivity contribution is 6.04. The van der Waals surface area contributed by atoms with Crippen LogP contribution in [0.2, 0.25) is 0 Å². The molecule has 1 amide bonds. The van der Waals surface area contributed by atoms with E-state index in [1.54, 1.807) is 30.3 Å². The van der Waals surface area contributed by atoms with Crippen LogP contribution >= 0.6 is 0 Å². The minimum absolute atomic E-state index is 0.130. The number of hydrogen-bond donors (Lipinski definition) is 1. The van der Waals surface area contributed by atoms with Crippen molar-refractivity contribution in [1.29, 1.82) is 0 Å². The van der Waals surface area contributed by atoms with Gasteiger partial charge >= 0.3 is 5.97 Å². The first-order valence-corrected chi connectivity index (χ1v) is 7.25. The normalized spacial score (nSPS) is 10.1. The molecule has 6 heteroatoms. The summed E-state index contributed by atoms with van der Waals surface area (Å²) < 4.78 is 17.9. The summed E-state index contributed by atoms with van der Waals surface area (Å²) in [5.41, 5.74) is 1.19. The largest absolute Gasteiger partial charge is 0.455 e. The number of hydrogen-bond acceptors (Lipinski definition) is 4. The molecule has 124 valence electrons. The first-order chi connectivity index (χ1) is 11.5. The van der Waals surface area contributed by atoms with Crippen LogP contribution in [0.1, 0.15) is 22.8 Å². The molecule has 0 aliphatic carbocycles. The minimum atomic E-state index is -0.643. The molecule has 1 N–H and O–H groups in total. The van der Waals surface area contributed by atoms with E-state index in [-0.39, 0.29) is 12.2 Å². The molecule has 0 aliphatic rings.